The molecule has 2 fully saturated rings. The Morgan fingerprint density at radius 3 is 2.47 bits per heavy atom. The Labute approximate surface area is 102 Å². The summed E-state index contributed by atoms with van der Waals surface area (Å²) in [7, 11) is -2.97. The normalized spacial score (nSPS) is 32.5. The molecule has 2 aliphatic rings. The molecular formula is C11H20N2O3S. The first-order valence-corrected chi connectivity index (χ1v) is 8.00. The largest absolute Gasteiger partial charge is 0.335 e. The number of rotatable bonds is 2. The Bertz CT molecular complexity index is 401. The summed E-state index contributed by atoms with van der Waals surface area (Å²) in [5.41, 5.74) is -0.596. The average Bonchev–Trinajstić information content (AvgIpc) is 2.74. The molecular weight excluding hydrogens is 240 g/mol. The van der Waals surface area contributed by atoms with Gasteiger partial charge in [-0.25, -0.2) is 13.2 Å². The molecule has 2 N–H and O–H groups in total. The smallest absolute Gasteiger partial charge is 0.315 e. The molecule has 98 valence electrons. The number of sulfone groups is 1. The van der Waals surface area contributed by atoms with Crippen molar-refractivity contribution in [1.82, 2.24) is 10.6 Å². The Morgan fingerprint density at radius 2 is 1.94 bits per heavy atom. The number of nitrogens with one attached hydrogen (secondary N) is 2. The van der Waals surface area contributed by atoms with Gasteiger partial charge in [0, 0.05) is 6.04 Å². The SMILES string of the molecule is CC1(NC(=O)NC2CCCC2)CCS(=O)(=O)C1. The molecule has 0 bridgehead atoms. The Hall–Kier alpha value is -0.780. The maximum Gasteiger partial charge on any atom is 0.315 e. The molecule has 2 rings (SSSR count). The molecule has 6 heteroatoms. The fourth-order valence-corrected chi connectivity index (χ4v) is 4.77. The van der Waals surface area contributed by atoms with Crippen molar-refractivity contribution in [2.24, 2.45) is 0 Å². The molecule has 1 heterocycles. The molecule has 0 radical (unpaired) electrons. The molecule has 1 atom stereocenters. The van der Waals surface area contributed by atoms with Crippen LogP contribution in [-0.2, 0) is 9.84 Å². The molecule has 2 amide bonds. The van der Waals surface area contributed by atoms with Crippen molar-refractivity contribution >= 4 is 15.9 Å². The van der Waals surface area contributed by atoms with Crippen molar-refractivity contribution in [2.75, 3.05) is 11.5 Å². The van der Waals surface area contributed by atoms with Crippen molar-refractivity contribution in [3.63, 3.8) is 0 Å². The number of hydrogen-bond donors (Lipinski definition) is 2. The standard InChI is InChI=1S/C11H20N2O3S/c1-11(6-7-17(15,16)8-11)13-10(14)12-9-4-2-3-5-9/h9H,2-8H2,1H3,(H2,12,13,14). The summed E-state index contributed by atoms with van der Waals surface area (Å²) in [6.07, 6.45) is 4.89. The molecule has 5 nitrogen and oxygen atoms in total. The molecule has 17 heavy (non-hydrogen) atoms. The summed E-state index contributed by atoms with van der Waals surface area (Å²) in [6, 6.07) is 0.0353. The lowest BCUT2D eigenvalue weighted by Crippen LogP contribution is -2.52. The minimum atomic E-state index is -2.97. The van der Waals surface area contributed by atoms with E-state index in [1.165, 1.54) is 0 Å². The van der Waals surface area contributed by atoms with Gasteiger partial charge in [-0.2, -0.15) is 0 Å². The topological polar surface area (TPSA) is 75.3 Å². The van der Waals surface area contributed by atoms with Crippen LogP contribution in [0.25, 0.3) is 0 Å². The number of carbonyl (C=O) groups excluding carboxylic acids is 1. The molecule has 0 spiro atoms. The van der Waals surface area contributed by atoms with Crippen molar-refractivity contribution in [3.05, 3.63) is 0 Å². The van der Waals surface area contributed by atoms with Gasteiger partial charge in [0.15, 0.2) is 9.84 Å². The van der Waals surface area contributed by atoms with E-state index < -0.39 is 15.4 Å². The van der Waals surface area contributed by atoms with E-state index in [0.29, 0.717) is 6.42 Å². The third-order valence-corrected chi connectivity index (χ3v) is 5.51. The van der Waals surface area contributed by atoms with Crippen LogP contribution >= 0.6 is 0 Å². The number of amides is 2. The second-order valence-electron chi connectivity index (χ2n) is 5.48. The Balaban J connectivity index is 1.86. The van der Waals surface area contributed by atoms with Crippen LogP contribution in [-0.4, -0.2) is 37.5 Å². The van der Waals surface area contributed by atoms with Gasteiger partial charge >= 0.3 is 6.03 Å². The van der Waals surface area contributed by atoms with Crippen LogP contribution in [0.1, 0.15) is 39.0 Å². The van der Waals surface area contributed by atoms with E-state index in [-0.39, 0.29) is 23.6 Å². The number of hydrogen-bond acceptors (Lipinski definition) is 3. The summed E-state index contributed by atoms with van der Waals surface area (Å²) in [5.74, 6) is 0.227. The molecule has 1 saturated heterocycles. The molecule has 0 aromatic rings. The van der Waals surface area contributed by atoms with Gasteiger partial charge in [0.1, 0.15) is 0 Å². The average molecular weight is 260 g/mol. The first-order chi connectivity index (χ1) is 7.89. The van der Waals surface area contributed by atoms with Gasteiger partial charge in [-0.3, -0.25) is 0 Å². The monoisotopic (exact) mass is 260 g/mol. The fraction of sp³-hybridized carbons (Fsp3) is 0.909. The summed E-state index contributed by atoms with van der Waals surface area (Å²) in [5, 5.41) is 5.72. The second-order valence-corrected chi connectivity index (χ2v) is 7.67. The first-order valence-electron chi connectivity index (χ1n) is 6.18. The van der Waals surface area contributed by atoms with E-state index in [2.05, 4.69) is 10.6 Å². The summed E-state index contributed by atoms with van der Waals surface area (Å²) in [6.45, 7) is 1.80. The van der Waals surface area contributed by atoms with Crippen molar-refractivity contribution < 1.29 is 13.2 Å². The molecule has 1 aliphatic carbocycles. The van der Waals surface area contributed by atoms with Crippen LogP contribution in [0.4, 0.5) is 4.79 Å². The van der Waals surface area contributed by atoms with E-state index in [0.717, 1.165) is 25.7 Å². The van der Waals surface area contributed by atoms with Gasteiger partial charge < -0.3 is 10.6 Å². The van der Waals surface area contributed by atoms with E-state index in [1.807, 2.05) is 0 Å². The highest BCUT2D eigenvalue weighted by Crippen LogP contribution is 2.23. The van der Waals surface area contributed by atoms with Crippen molar-refractivity contribution in [1.29, 1.82) is 0 Å². The molecule has 1 aliphatic heterocycles. The lowest BCUT2D eigenvalue weighted by atomic mass is 10.0. The summed E-state index contributed by atoms with van der Waals surface area (Å²) < 4.78 is 22.8. The molecule has 0 aromatic heterocycles. The fourth-order valence-electron chi connectivity index (χ4n) is 2.67. The van der Waals surface area contributed by atoms with E-state index in [9.17, 15) is 13.2 Å². The predicted molar refractivity (Wildman–Crippen MR) is 65.6 cm³/mol. The third-order valence-electron chi connectivity index (χ3n) is 3.61. The lowest BCUT2D eigenvalue weighted by molar-refractivity contribution is 0.226. The minimum absolute atomic E-state index is 0.0537. The summed E-state index contributed by atoms with van der Waals surface area (Å²) >= 11 is 0. The Morgan fingerprint density at radius 1 is 1.29 bits per heavy atom. The zero-order valence-corrected chi connectivity index (χ0v) is 11.0. The molecule has 1 saturated carbocycles. The van der Waals surface area contributed by atoms with E-state index in [4.69, 9.17) is 0 Å². The molecule has 0 aromatic carbocycles. The van der Waals surface area contributed by atoms with Crippen molar-refractivity contribution in [3.8, 4) is 0 Å². The quantitative estimate of drug-likeness (QED) is 0.771. The third kappa shape index (κ3) is 3.34. The summed E-state index contributed by atoms with van der Waals surface area (Å²) in [4.78, 5) is 11.8. The van der Waals surface area contributed by atoms with Crippen LogP contribution in [0.2, 0.25) is 0 Å². The highest BCUT2D eigenvalue weighted by Gasteiger charge is 2.39. The van der Waals surface area contributed by atoms with Crippen LogP contribution in [0, 0.1) is 0 Å². The maximum atomic E-state index is 11.8. The lowest BCUT2D eigenvalue weighted by Gasteiger charge is -2.25. The van der Waals surface area contributed by atoms with Gasteiger partial charge in [-0.05, 0) is 26.2 Å². The zero-order chi connectivity index (χ0) is 12.5. The van der Waals surface area contributed by atoms with E-state index in [1.54, 1.807) is 6.92 Å². The second kappa shape index (κ2) is 4.48. The highest BCUT2D eigenvalue weighted by atomic mass is 32.2. The Kier molecular flexibility index (Phi) is 3.34. The number of carbonyl (C=O) groups is 1. The van der Waals surface area contributed by atoms with Gasteiger partial charge in [0.2, 0.25) is 0 Å². The van der Waals surface area contributed by atoms with Gasteiger partial charge in [-0.1, -0.05) is 12.8 Å². The van der Waals surface area contributed by atoms with Crippen LogP contribution in [0.3, 0.4) is 0 Å². The van der Waals surface area contributed by atoms with Gasteiger partial charge in [-0.15, -0.1) is 0 Å². The van der Waals surface area contributed by atoms with Gasteiger partial charge in [0.05, 0.1) is 17.0 Å². The van der Waals surface area contributed by atoms with Gasteiger partial charge in [0.25, 0.3) is 0 Å². The highest BCUT2D eigenvalue weighted by molar-refractivity contribution is 7.91. The van der Waals surface area contributed by atoms with Crippen LogP contribution in [0.5, 0.6) is 0 Å². The molecule has 1 unspecified atom stereocenters. The first kappa shape index (κ1) is 12.7. The number of urea groups is 1. The maximum absolute atomic E-state index is 11.8. The zero-order valence-electron chi connectivity index (χ0n) is 10.2. The van der Waals surface area contributed by atoms with Crippen LogP contribution in [0.15, 0.2) is 0 Å². The van der Waals surface area contributed by atoms with Crippen molar-refractivity contribution in [2.45, 2.75) is 50.6 Å². The van der Waals surface area contributed by atoms with Crippen LogP contribution < -0.4 is 10.6 Å². The van der Waals surface area contributed by atoms with E-state index >= 15 is 0 Å². The minimum Gasteiger partial charge on any atom is -0.335 e. The predicted octanol–water partition coefficient (Wildman–Crippen LogP) is 0.805.